The summed E-state index contributed by atoms with van der Waals surface area (Å²) in [5, 5.41) is 0. The molecule has 1 nitrogen and oxygen atoms in total. The van der Waals surface area contributed by atoms with Crippen LogP contribution < -0.4 is 4.74 Å². The average molecular weight is 161 g/mol. The van der Waals surface area contributed by atoms with Crippen molar-refractivity contribution in [2.24, 2.45) is 0 Å². The Morgan fingerprint density at radius 2 is 2.42 bits per heavy atom. The Kier molecular flexibility index (Phi) is 2.03. The number of hydrogen-bond donors (Lipinski definition) is 0. The van der Waals surface area contributed by atoms with Crippen LogP contribution in [0.1, 0.15) is 31.2 Å². The Hall–Kier alpha value is -0.980. The Morgan fingerprint density at radius 1 is 1.58 bits per heavy atom. The van der Waals surface area contributed by atoms with E-state index in [1.54, 1.807) is 0 Å². The average Bonchev–Trinajstić information content (AvgIpc) is 2.89. The molecule has 0 saturated heterocycles. The molecular weight excluding hydrogens is 148 g/mol. The van der Waals surface area contributed by atoms with Gasteiger partial charge >= 0.3 is 0 Å². The first kappa shape index (κ1) is 7.66. The zero-order chi connectivity index (χ0) is 8.39. The van der Waals surface area contributed by atoms with E-state index in [0.717, 1.165) is 18.3 Å². The minimum atomic E-state index is 0.729. The van der Waals surface area contributed by atoms with E-state index in [1.165, 1.54) is 18.4 Å². The first-order valence-corrected chi connectivity index (χ1v) is 4.55. The first-order chi connectivity index (χ1) is 5.92. The van der Waals surface area contributed by atoms with Crippen molar-refractivity contribution in [1.29, 1.82) is 0 Å². The smallest absolute Gasteiger partial charge is 0.123 e. The monoisotopic (exact) mass is 161 g/mol. The molecule has 0 unspecified atom stereocenters. The van der Waals surface area contributed by atoms with Gasteiger partial charge in [0, 0.05) is 5.56 Å². The summed E-state index contributed by atoms with van der Waals surface area (Å²) < 4.78 is 5.51. The van der Waals surface area contributed by atoms with E-state index in [4.69, 9.17) is 4.74 Å². The van der Waals surface area contributed by atoms with E-state index in [0.29, 0.717) is 0 Å². The molecule has 0 bridgehead atoms. The second-order valence-electron chi connectivity index (χ2n) is 3.16. The van der Waals surface area contributed by atoms with Crippen LogP contribution in [0.4, 0.5) is 0 Å². The van der Waals surface area contributed by atoms with Gasteiger partial charge in [-0.2, -0.15) is 0 Å². The van der Waals surface area contributed by atoms with Gasteiger partial charge in [-0.05, 0) is 37.8 Å². The third-order valence-electron chi connectivity index (χ3n) is 2.13. The van der Waals surface area contributed by atoms with Crippen molar-refractivity contribution in [1.82, 2.24) is 0 Å². The summed E-state index contributed by atoms with van der Waals surface area (Å²) in [6.45, 7) is 2.77. The zero-order valence-electron chi connectivity index (χ0n) is 7.34. The number of ether oxygens (including phenoxy) is 1. The molecule has 0 N–H and O–H groups in total. The Balaban J connectivity index is 2.24. The molecule has 0 spiro atoms. The van der Waals surface area contributed by atoms with Gasteiger partial charge in [-0.25, -0.2) is 0 Å². The Morgan fingerprint density at radius 3 is 3.08 bits per heavy atom. The number of hydrogen-bond acceptors (Lipinski definition) is 1. The molecule has 1 aromatic carbocycles. The minimum Gasteiger partial charge on any atom is -0.494 e. The molecule has 1 heteroatoms. The molecule has 0 heterocycles. The molecule has 1 aliphatic rings. The Labute approximate surface area is 73.4 Å². The lowest BCUT2D eigenvalue weighted by atomic mass is 10.1. The molecule has 0 aromatic heterocycles. The molecule has 0 amide bonds. The van der Waals surface area contributed by atoms with Crippen LogP contribution in [0.3, 0.4) is 0 Å². The standard InChI is InChI=1S/C11H13O/c1-2-12-11-6-4-3-5-10(11)9-7-8-9/h3-4,6,9H,2,7-8H2,1H3. The zero-order valence-corrected chi connectivity index (χ0v) is 7.34. The van der Waals surface area contributed by atoms with Gasteiger partial charge in [0.1, 0.15) is 5.75 Å². The summed E-state index contributed by atoms with van der Waals surface area (Å²) in [5.74, 6) is 1.76. The van der Waals surface area contributed by atoms with Gasteiger partial charge < -0.3 is 4.74 Å². The third-order valence-corrected chi connectivity index (χ3v) is 2.13. The molecule has 1 radical (unpaired) electrons. The highest BCUT2D eigenvalue weighted by atomic mass is 16.5. The summed E-state index contributed by atoms with van der Waals surface area (Å²) in [4.78, 5) is 0. The molecule has 1 aromatic rings. The van der Waals surface area contributed by atoms with E-state index in [-0.39, 0.29) is 0 Å². The van der Waals surface area contributed by atoms with E-state index in [1.807, 2.05) is 25.1 Å². The van der Waals surface area contributed by atoms with Crippen molar-refractivity contribution in [3.05, 3.63) is 29.8 Å². The van der Waals surface area contributed by atoms with Gasteiger partial charge in [0.2, 0.25) is 0 Å². The van der Waals surface area contributed by atoms with Gasteiger partial charge in [0.05, 0.1) is 6.61 Å². The largest absolute Gasteiger partial charge is 0.494 e. The molecule has 1 aliphatic carbocycles. The van der Waals surface area contributed by atoms with E-state index in [2.05, 4.69) is 6.07 Å². The first-order valence-electron chi connectivity index (χ1n) is 4.55. The van der Waals surface area contributed by atoms with Crippen LogP contribution in [0, 0.1) is 6.07 Å². The maximum atomic E-state index is 5.51. The van der Waals surface area contributed by atoms with Crippen molar-refractivity contribution in [2.45, 2.75) is 25.7 Å². The molecule has 2 rings (SSSR count). The fourth-order valence-electron chi connectivity index (χ4n) is 1.41. The van der Waals surface area contributed by atoms with Crippen LogP contribution in [0.15, 0.2) is 18.2 Å². The molecule has 0 aliphatic heterocycles. The van der Waals surface area contributed by atoms with Crippen molar-refractivity contribution in [3.63, 3.8) is 0 Å². The molecule has 1 saturated carbocycles. The predicted molar refractivity (Wildman–Crippen MR) is 48.4 cm³/mol. The maximum absolute atomic E-state index is 5.51. The lowest BCUT2D eigenvalue weighted by Crippen LogP contribution is -1.95. The minimum absolute atomic E-state index is 0.729. The topological polar surface area (TPSA) is 9.23 Å². The van der Waals surface area contributed by atoms with Gasteiger partial charge in [-0.3, -0.25) is 0 Å². The highest BCUT2D eigenvalue weighted by Crippen LogP contribution is 2.43. The van der Waals surface area contributed by atoms with Gasteiger partial charge in [-0.15, -0.1) is 0 Å². The fourth-order valence-corrected chi connectivity index (χ4v) is 1.41. The predicted octanol–water partition coefficient (Wildman–Crippen LogP) is 2.76. The number of benzene rings is 1. The van der Waals surface area contributed by atoms with Crippen LogP contribution in [0.5, 0.6) is 5.75 Å². The highest BCUT2D eigenvalue weighted by molar-refractivity contribution is 5.37. The second-order valence-corrected chi connectivity index (χ2v) is 3.16. The maximum Gasteiger partial charge on any atom is 0.123 e. The van der Waals surface area contributed by atoms with Crippen LogP contribution >= 0.6 is 0 Å². The van der Waals surface area contributed by atoms with Crippen molar-refractivity contribution in [3.8, 4) is 5.75 Å². The lowest BCUT2D eigenvalue weighted by molar-refractivity contribution is 0.336. The summed E-state index contributed by atoms with van der Waals surface area (Å²) >= 11 is 0. The summed E-state index contributed by atoms with van der Waals surface area (Å²) in [5.41, 5.74) is 1.28. The van der Waals surface area contributed by atoms with Crippen LogP contribution in [-0.4, -0.2) is 6.61 Å². The van der Waals surface area contributed by atoms with Gasteiger partial charge in [0.25, 0.3) is 0 Å². The van der Waals surface area contributed by atoms with Crippen LogP contribution in [0.25, 0.3) is 0 Å². The third kappa shape index (κ3) is 1.45. The van der Waals surface area contributed by atoms with Gasteiger partial charge in [-0.1, -0.05) is 12.1 Å². The van der Waals surface area contributed by atoms with Crippen molar-refractivity contribution < 1.29 is 4.74 Å². The SMILES string of the molecule is CCOc1ccc[c]c1C1CC1. The highest BCUT2D eigenvalue weighted by Gasteiger charge is 2.26. The molecule has 0 atom stereocenters. The van der Waals surface area contributed by atoms with Crippen molar-refractivity contribution >= 4 is 0 Å². The van der Waals surface area contributed by atoms with Gasteiger partial charge in [0.15, 0.2) is 0 Å². The van der Waals surface area contributed by atoms with Crippen LogP contribution in [-0.2, 0) is 0 Å². The van der Waals surface area contributed by atoms with E-state index in [9.17, 15) is 0 Å². The fraction of sp³-hybridized carbons (Fsp3) is 0.455. The van der Waals surface area contributed by atoms with Crippen LogP contribution in [0.2, 0.25) is 0 Å². The van der Waals surface area contributed by atoms with Crippen molar-refractivity contribution in [2.75, 3.05) is 6.61 Å². The summed E-state index contributed by atoms with van der Waals surface area (Å²) in [7, 11) is 0. The Bertz CT molecular complexity index is 263. The summed E-state index contributed by atoms with van der Waals surface area (Å²) in [6, 6.07) is 9.25. The van der Waals surface area contributed by atoms with E-state index < -0.39 is 0 Å². The number of rotatable bonds is 3. The molecular formula is C11H13O. The molecule has 1 fully saturated rings. The molecule has 63 valence electrons. The quantitative estimate of drug-likeness (QED) is 0.662. The normalized spacial score (nSPS) is 16.1. The summed E-state index contributed by atoms with van der Waals surface area (Å²) in [6.07, 6.45) is 2.61. The molecule has 12 heavy (non-hydrogen) atoms. The lowest BCUT2D eigenvalue weighted by Gasteiger charge is -2.07. The van der Waals surface area contributed by atoms with E-state index >= 15 is 0 Å². The second kappa shape index (κ2) is 3.18.